The highest BCUT2D eigenvalue weighted by Gasteiger charge is 2.36. The van der Waals surface area contributed by atoms with Gasteiger partial charge < -0.3 is 10.6 Å². The monoisotopic (exact) mass is 325 g/mol. The molecule has 0 radical (unpaired) electrons. The summed E-state index contributed by atoms with van der Waals surface area (Å²) in [6.07, 6.45) is 9.43. The lowest BCUT2D eigenvalue weighted by Crippen LogP contribution is -2.45. The molecule has 1 heterocycles. The van der Waals surface area contributed by atoms with E-state index in [4.69, 9.17) is 12.2 Å². The third-order valence-corrected chi connectivity index (χ3v) is 4.87. The van der Waals surface area contributed by atoms with Gasteiger partial charge in [0.15, 0.2) is 5.11 Å². The van der Waals surface area contributed by atoms with Gasteiger partial charge in [0.1, 0.15) is 0 Å². The molecule has 1 aliphatic rings. The maximum absolute atomic E-state index is 5.57. The number of aromatic nitrogens is 1. The van der Waals surface area contributed by atoms with Crippen molar-refractivity contribution in [2.24, 2.45) is 0 Å². The lowest BCUT2D eigenvalue weighted by molar-refractivity contribution is 0.408. The van der Waals surface area contributed by atoms with E-state index in [9.17, 15) is 0 Å². The van der Waals surface area contributed by atoms with Gasteiger partial charge in [-0.05, 0) is 66.9 Å². The van der Waals surface area contributed by atoms with Crippen LogP contribution in [0.5, 0.6) is 0 Å². The summed E-state index contributed by atoms with van der Waals surface area (Å²) in [5.74, 6) is 0. The number of hydrogen-bond donors (Lipinski definition) is 2. The van der Waals surface area contributed by atoms with Crippen LogP contribution in [0.2, 0.25) is 0 Å². The first-order valence-electron chi connectivity index (χ1n) is 8.30. The molecule has 0 unspecified atom stereocenters. The molecule has 23 heavy (non-hydrogen) atoms. The summed E-state index contributed by atoms with van der Waals surface area (Å²) in [5, 5.41) is 7.59. The van der Waals surface area contributed by atoms with E-state index >= 15 is 0 Å². The molecule has 1 aromatic heterocycles. The zero-order chi connectivity index (χ0) is 16.1. The van der Waals surface area contributed by atoms with Gasteiger partial charge in [-0.2, -0.15) is 0 Å². The Morgan fingerprint density at radius 1 is 1.09 bits per heavy atom. The molecular formula is C19H23N3S. The smallest absolute Gasteiger partial charge is 0.171 e. The molecule has 1 aromatic carbocycles. The van der Waals surface area contributed by atoms with Gasteiger partial charge in [0.25, 0.3) is 0 Å². The van der Waals surface area contributed by atoms with Crippen molar-refractivity contribution in [3.8, 4) is 0 Å². The van der Waals surface area contributed by atoms with E-state index in [0.29, 0.717) is 5.11 Å². The summed E-state index contributed by atoms with van der Waals surface area (Å²) in [7, 11) is 0. The Morgan fingerprint density at radius 3 is 2.35 bits per heavy atom. The zero-order valence-electron chi connectivity index (χ0n) is 13.5. The Balaban J connectivity index is 1.71. The summed E-state index contributed by atoms with van der Waals surface area (Å²) in [6.45, 7) is 2.16. The molecule has 1 fully saturated rings. The van der Waals surface area contributed by atoms with E-state index in [1.807, 2.05) is 12.4 Å². The van der Waals surface area contributed by atoms with Crippen LogP contribution in [-0.4, -0.2) is 10.1 Å². The topological polar surface area (TPSA) is 37.0 Å². The Bertz CT molecular complexity index is 646. The minimum absolute atomic E-state index is 0.0591. The van der Waals surface area contributed by atoms with Crippen LogP contribution in [0.1, 0.15) is 43.7 Å². The largest absolute Gasteiger partial charge is 0.353 e. The van der Waals surface area contributed by atoms with Crippen molar-refractivity contribution in [2.75, 3.05) is 5.32 Å². The molecular weight excluding hydrogens is 302 g/mol. The predicted octanol–water partition coefficient (Wildman–Crippen LogP) is 4.40. The number of aryl methyl sites for hydroxylation is 1. The standard InChI is InChI=1S/C19H23N3S/c1-2-15-5-7-17(8-6-15)21-18(23)22-19(11-3-4-12-19)16-9-13-20-14-10-16/h5-10,13-14H,2-4,11-12H2,1H3,(H2,21,22,23). The molecule has 0 aliphatic heterocycles. The second-order valence-corrected chi connectivity index (χ2v) is 6.56. The number of anilines is 1. The number of nitrogens with one attached hydrogen (secondary N) is 2. The SMILES string of the molecule is CCc1ccc(NC(=S)NC2(c3ccncc3)CCCC2)cc1. The number of benzene rings is 1. The summed E-state index contributed by atoms with van der Waals surface area (Å²) >= 11 is 5.57. The third kappa shape index (κ3) is 3.70. The normalized spacial score (nSPS) is 16.0. The number of thiocarbonyl (C=S) groups is 1. The summed E-state index contributed by atoms with van der Waals surface area (Å²) in [6, 6.07) is 12.6. The van der Waals surface area contributed by atoms with Crippen LogP contribution in [0.25, 0.3) is 0 Å². The average molecular weight is 325 g/mol. The number of pyridine rings is 1. The maximum Gasteiger partial charge on any atom is 0.171 e. The summed E-state index contributed by atoms with van der Waals surface area (Å²) in [4.78, 5) is 4.13. The van der Waals surface area contributed by atoms with E-state index in [0.717, 1.165) is 24.9 Å². The molecule has 1 saturated carbocycles. The molecule has 1 aliphatic carbocycles. The van der Waals surface area contributed by atoms with E-state index in [-0.39, 0.29) is 5.54 Å². The first-order valence-corrected chi connectivity index (χ1v) is 8.71. The molecule has 0 spiro atoms. The van der Waals surface area contributed by atoms with Gasteiger partial charge in [0.05, 0.1) is 5.54 Å². The highest BCUT2D eigenvalue weighted by Crippen LogP contribution is 2.38. The Hall–Kier alpha value is -1.94. The van der Waals surface area contributed by atoms with E-state index < -0.39 is 0 Å². The van der Waals surface area contributed by atoms with Crippen LogP contribution in [0.4, 0.5) is 5.69 Å². The lowest BCUT2D eigenvalue weighted by atomic mass is 9.89. The van der Waals surface area contributed by atoms with Crippen molar-refractivity contribution >= 4 is 23.0 Å². The van der Waals surface area contributed by atoms with Gasteiger partial charge in [-0.15, -0.1) is 0 Å². The van der Waals surface area contributed by atoms with Crippen LogP contribution >= 0.6 is 12.2 Å². The van der Waals surface area contributed by atoms with Gasteiger partial charge in [-0.25, -0.2) is 0 Å². The Morgan fingerprint density at radius 2 is 1.74 bits per heavy atom. The van der Waals surface area contributed by atoms with Gasteiger partial charge in [-0.3, -0.25) is 4.98 Å². The molecule has 120 valence electrons. The first-order chi connectivity index (χ1) is 11.2. The minimum atomic E-state index is -0.0591. The molecule has 3 rings (SSSR count). The number of rotatable bonds is 4. The zero-order valence-corrected chi connectivity index (χ0v) is 14.3. The fraction of sp³-hybridized carbons (Fsp3) is 0.368. The second kappa shape index (κ2) is 7.09. The van der Waals surface area contributed by atoms with E-state index in [2.05, 4.69) is 58.9 Å². The molecule has 0 amide bonds. The van der Waals surface area contributed by atoms with Crippen molar-refractivity contribution in [1.29, 1.82) is 0 Å². The molecule has 0 saturated heterocycles. The van der Waals surface area contributed by atoms with Crippen LogP contribution in [-0.2, 0) is 12.0 Å². The first kappa shape index (κ1) is 15.9. The molecule has 2 N–H and O–H groups in total. The fourth-order valence-electron chi connectivity index (χ4n) is 3.34. The van der Waals surface area contributed by atoms with Gasteiger partial charge in [-0.1, -0.05) is 31.9 Å². The summed E-state index contributed by atoms with van der Waals surface area (Å²) < 4.78 is 0. The molecule has 0 atom stereocenters. The van der Waals surface area contributed by atoms with Crippen LogP contribution in [0.3, 0.4) is 0 Å². The minimum Gasteiger partial charge on any atom is -0.353 e. The van der Waals surface area contributed by atoms with Crippen molar-refractivity contribution in [2.45, 2.75) is 44.6 Å². The van der Waals surface area contributed by atoms with Gasteiger partial charge in [0, 0.05) is 18.1 Å². The van der Waals surface area contributed by atoms with Crippen molar-refractivity contribution in [3.05, 3.63) is 59.9 Å². The van der Waals surface area contributed by atoms with Crippen LogP contribution in [0, 0.1) is 0 Å². The molecule has 3 nitrogen and oxygen atoms in total. The highest BCUT2D eigenvalue weighted by atomic mass is 32.1. The van der Waals surface area contributed by atoms with Crippen molar-refractivity contribution in [1.82, 2.24) is 10.3 Å². The number of nitrogens with zero attached hydrogens (tertiary/aromatic N) is 1. The molecule has 0 bridgehead atoms. The Labute approximate surface area is 143 Å². The van der Waals surface area contributed by atoms with Crippen LogP contribution < -0.4 is 10.6 Å². The number of hydrogen-bond acceptors (Lipinski definition) is 2. The van der Waals surface area contributed by atoms with E-state index in [1.165, 1.54) is 24.0 Å². The van der Waals surface area contributed by atoms with Crippen LogP contribution in [0.15, 0.2) is 48.8 Å². The van der Waals surface area contributed by atoms with Crippen molar-refractivity contribution in [3.63, 3.8) is 0 Å². The average Bonchev–Trinajstić information content (AvgIpc) is 3.06. The summed E-state index contributed by atoms with van der Waals surface area (Å²) in [5.41, 5.74) is 3.58. The highest BCUT2D eigenvalue weighted by molar-refractivity contribution is 7.80. The quantitative estimate of drug-likeness (QED) is 0.817. The van der Waals surface area contributed by atoms with Gasteiger partial charge >= 0.3 is 0 Å². The lowest BCUT2D eigenvalue weighted by Gasteiger charge is -2.32. The Kier molecular flexibility index (Phi) is 4.91. The fourth-order valence-corrected chi connectivity index (χ4v) is 3.65. The predicted molar refractivity (Wildman–Crippen MR) is 99.6 cm³/mol. The van der Waals surface area contributed by atoms with Crippen molar-refractivity contribution < 1.29 is 0 Å². The molecule has 4 heteroatoms. The molecule has 2 aromatic rings. The van der Waals surface area contributed by atoms with E-state index in [1.54, 1.807) is 0 Å². The van der Waals surface area contributed by atoms with Gasteiger partial charge in [0.2, 0.25) is 0 Å². The third-order valence-electron chi connectivity index (χ3n) is 4.66. The maximum atomic E-state index is 5.57. The second-order valence-electron chi connectivity index (χ2n) is 6.15.